The number of carbonyl (C=O) groups excluding carboxylic acids is 2. The Hall–Kier alpha value is -2.14. The van der Waals surface area contributed by atoms with Gasteiger partial charge in [0, 0.05) is 22.5 Å². The quantitative estimate of drug-likeness (QED) is 0.789. The first-order valence-corrected chi connectivity index (χ1v) is 9.26. The molecule has 2 N–H and O–H groups in total. The summed E-state index contributed by atoms with van der Waals surface area (Å²) in [4.78, 5) is 24.4. The summed E-state index contributed by atoms with van der Waals surface area (Å²) in [6.45, 7) is 1.96. The first-order valence-electron chi connectivity index (χ1n) is 8.46. The summed E-state index contributed by atoms with van der Waals surface area (Å²) in [5, 5.41) is 5.93. The van der Waals surface area contributed by atoms with Gasteiger partial charge in [0.25, 0.3) is 0 Å². The minimum atomic E-state index is -0.149. The number of anilines is 1. The molecule has 0 fully saturated rings. The predicted molar refractivity (Wildman–Crippen MR) is 102 cm³/mol. The Balaban J connectivity index is 1.52. The second-order valence-electron chi connectivity index (χ2n) is 6.43. The van der Waals surface area contributed by atoms with Crippen LogP contribution in [0.2, 0.25) is 0 Å². The van der Waals surface area contributed by atoms with Gasteiger partial charge in [-0.2, -0.15) is 0 Å². The van der Waals surface area contributed by atoms with E-state index in [4.69, 9.17) is 0 Å². The van der Waals surface area contributed by atoms with E-state index < -0.39 is 0 Å². The van der Waals surface area contributed by atoms with Gasteiger partial charge in [-0.25, -0.2) is 0 Å². The summed E-state index contributed by atoms with van der Waals surface area (Å²) in [7, 11) is 0. The molecule has 0 radical (unpaired) electrons. The highest BCUT2D eigenvalue weighted by Gasteiger charge is 2.26. The first kappa shape index (κ1) is 17.7. The van der Waals surface area contributed by atoms with Gasteiger partial charge >= 0.3 is 0 Å². The molecule has 2 aromatic carbocycles. The predicted octanol–water partition coefficient (Wildman–Crippen LogP) is 4.22. The second-order valence-corrected chi connectivity index (χ2v) is 7.34. The van der Waals surface area contributed by atoms with Crippen LogP contribution < -0.4 is 10.6 Å². The van der Waals surface area contributed by atoms with E-state index in [-0.39, 0.29) is 23.8 Å². The van der Waals surface area contributed by atoms with Gasteiger partial charge in [-0.15, -0.1) is 0 Å². The number of nitrogens with one attached hydrogen (secondary N) is 2. The molecule has 1 heterocycles. The molecule has 0 aromatic heterocycles. The van der Waals surface area contributed by atoms with E-state index in [9.17, 15) is 9.59 Å². The van der Waals surface area contributed by atoms with Gasteiger partial charge in [0.15, 0.2) is 0 Å². The average Bonchev–Trinajstić information content (AvgIpc) is 2.60. The number of benzene rings is 2. The normalized spacial score (nSPS) is 17.4. The molecule has 0 bridgehead atoms. The van der Waals surface area contributed by atoms with Gasteiger partial charge in [0.1, 0.15) is 0 Å². The fraction of sp³-hybridized carbons (Fsp3) is 0.300. The molecule has 2 amide bonds. The summed E-state index contributed by atoms with van der Waals surface area (Å²) >= 11 is 3.41. The van der Waals surface area contributed by atoms with E-state index in [2.05, 4.69) is 26.6 Å². The number of fused-ring (bicyclic) bond motifs is 1. The third-order valence-electron chi connectivity index (χ3n) is 4.58. The Bertz CT molecular complexity index is 774. The molecule has 0 saturated carbocycles. The zero-order chi connectivity index (χ0) is 17.8. The lowest BCUT2D eigenvalue weighted by Crippen LogP contribution is -2.32. The van der Waals surface area contributed by atoms with Crippen LogP contribution in [-0.2, 0) is 16.0 Å². The van der Waals surface area contributed by atoms with Crippen LogP contribution in [0.3, 0.4) is 0 Å². The van der Waals surface area contributed by atoms with Crippen molar-refractivity contribution in [3.8, 4) is 0 Å². The Morgan fingerprint density at radius 1 is 1.24 bits per heavy atom. The third kappa shape index (κ3) is 4.48. The van der Waals surface area contributed by atoms with E-state index in [1.807, 2.05) is 55.5 Å². The number of carbonyl (C=O) groups is 2. The van der Waals surface area contributed by atoms with Crippen molar-refractivity contribution in [3.05, 3.63) is 64.1 Å². The molecule has 5 heteroatoms. The summed E-state index contributed by atoms with van der Waals surface area (Å²) in [5.41, 5.74) is 3.08. The van der Waals surface area contributed by atoms with Gasteiger partial charge in [-0.05, 0) is 49.1 Å². The lowest BCUT2D eigenvalue weighted by atomic mass is 9.89. The van der Waals surface area contributed by atoms with E-state index in [0.29, 0.717) is 19.3 Å². The smallest absolute Gasteiger partial charge is 0.227 e. The summed E-state index contributed by atoms with van der Waals surface area (Å²) in [6.07, 6.45) is 1.59. The minimum Gasteiger partial charge on any atom is -0.350 e. The highest BCUT2D eigenvalue weighted by atomic mass is 79.9. The zero-order valence-electron chi connectivity index (χ0n) is 14.1. The number of halogens is 1. The number of hydrogen-bond donors (Lipinski definition) is 2. The van der Waals surface area contributed by atoms with Crippen molar-refractivity contribution >= 4 is 33.4 Å². The van der Waals surface area contributed by atoms with Gasteiger partial charge in [-0.1, -0.05) is 46.3 Å². The molecular formula is C20H21BrN2O2. The van der Waals surface area contributed by atoms with Crippen molar-refractivity contribution in [2.24, 2.45) is 5.92 Å². The minimum absolute atomic E-state index is 0.00691. The van der Waals surface area contributed by atoms with Crippen LogP contribution >= 0.6 is 15.9 Å². The van der Waals surface area contributed by atoms with E-state index in [0.717, 1.165) is 21.3 Å². The maximum atomic E-state index is 12.2. The van der Waals surface area contributed by atoms with Crippen LogP contribution in [0.15, 0.2) is 53.0 Å². The van der Waals surface area contributed by atoms with Gasteiger partial charge < -0.3 is 10.6 Å². The van der Waals surface area contributed by atoms with E-state index >= 15 is 0 Å². The van der Waals surface area contributed by atoms with Crippen LogP contribution in [0.25, 0.3) is 0 Å². The van der Waals surface area contributed by atoms with Gasteiger partial charge in [-0.3, -0.25) is 9.59 Å². The van der Waals surface area contributed by atoms with Crippen molar-refractivity contribution < 1.29 is 9.59 Å². The molecule has 1 aliphatic rings. The average molecular weight is 401 g/mol. The Morgan fingerprint density at radius 3 is 2.72 bits per heavy atom. The van der Waals surface area contributed by atoms with Crippen LogP contribution in [0.5, 0.6) is 0 Å². The highest BCUT2D eigenvalue weighted by Crippen LogP contribution is 2.27. The Labute approximate surface area is 156 Å². The SMILES string of the molecule is C[C@@H](NC(=O)CC[C@H]1Cc2ccccc2NC1=O)c1ccc(Br)cc1. The Morgan fingerprint density at radius 2 is 1.96 bits per heavy atom. The largest absolute Gasteiger partial charge is 0.350 e. The highest BCUT2D eigenvalue weighted by molar-refractivity contribution is 9.10. The monoisotopic (exact) mass is 400 g/mol. The maximum Gasteiger partial charge on any atom is 0.227 e. The number of para-hydroxylation sites is 1. The number of rotatable bonds is 5. The standard InChI is InChI=1S/C20H21BrN2O2/c1-13(14-6-9-17(21)10-7-14)22-19(24)11-8-16-12-15-4-2-3-5-18(15)23-20(16)25/h2-7,9-10,13,16H,8,11-12H2,1H3,(H,22,24)(H,23,25)/t13-,16+/m1/s1. The zero-order valence-corrected chi connectivity index (χ0v) is 15.7. The number of hydrogen-bond acceptors (Lipinski definition) is 2. The molecule has 0 spiro atoms. The molecule has 25 heavy (non-hydrogen) atoms. The van der Waals surface area contributed by atoms with Crippen molar-refractivity contribution in [2.75, 3.05) is 5.32 Å². The van der Waals surface area contributed by atoms with Crippen LogP contribution in [0.4, 0.5) is 5.69 Å². The summed E-state index contributed by atoms with van der Waals surface area (Å²) in [5.74, 6) is -0.168. The topological polar surface area (TPSA) is 58.2 Å². The van der Waals surface area contributed by atoms with Crippen molar-refractivity contribution in [1.82, 2.24) is 5.32 Å². The van der Waals surface area contributed by atoms with Crippen LogP contribution in [0.1, 0.15) is 36.9 Å². The van der Waals surface area contributed by atoms with Crippen molar-refractivity contribution in [2.45, 2.75) is 32.2 Å². The van der Waals surface area contributed by atoms with Crippen molar-refractivity contribution in [3.63, 3.8) is 0 Å². The van der Waals surface area contributed by atoms with Gasteiger partial charge in [0.2, 0.25) is 11.8 Å². The van der Waals surface area contributed by atoms with E-state index in [1.54, 1.807) is 0 Å². The summed E-state index contributed by atoms with van der Waals surface area (Å²) < 4.78 is 1.01. The molecule has 3 rings (SSSR count). The van der Waals surface area contributed by atoms with Crippen LogP contribution in [0, 0.1) is 5.92 Å². The molecule has 0 aliphatic carbocycles. The first-order chi connectivity index (χ1) is 12.0. The fourth-order valence-corrected chi connectivity index (χ4v) is 3.36. The fourth-order valence-electron chi connectivity index (χ4n) is 3.10. The molecule has 130 valence electrons. The molecular weight excluding hydrogens is 380 g/mol. The second kappa shape index (κ2) is 7.83. The lowest BCUT2D eigenvalue weighted by Gasteiger charge is -2.24. The van der Waals surface area contributed by atoms with Crippen molar-refractivity contribution in [1.29, 1.82) is 0 Å². The molecule has 0 unspecified atom stereocenters. The molecule has 2 aromatic rings. The van der Waals surface area contributed by atoms with E-state index in [1.165, 1.54) is 0 Å². The molecule has 2 atom stereocenters. The molecule has 0 saturated heterocycles. The third-order valence-corrected chi connectivity index (χ3v) is 5.11. The molecule has 4 nitrogen and oxygen atoms in total. The lowest BCUT2D eigenvalue weighted by molar-refractivity contribution is -0.123. The summed E-state index contributed by atoms with van der Waals surface area (Å²) in [6, 6.07) is 15.7. The van der Waals surface area contributed by atoms with Gasteiger partial charge in [0.05, 0.1) is 6.04 Å². The maximum absolute atomic E-state index is 12.2. The number of amides is 2. The molecule has 1 aliphatic heterocycles. The van der Waals surface area contributed by atoms with Crippen LogP contribution in [-0.4, -0.2) is 11.8 Å². The Kier molecular flexibility index (Phi) is 5.53.